The lowest BCUT2D eigenvalue weighted by Crippen LogP contribution is -2.28. The highest BCUT2D eigenvalue weighted by Crippen LogP contribution is 2.29. The maximum atomic E-state index is 11.5. The second kappa shape index (κ2) is 11.2. The third kappa shape index (κ3) is 6.25. The van der Waals surface area contributed by atoms with Crippen molar-refractivity contribution in [2.45, 2.75) is 38.3 Å². The number of hydrogen-bond donors (Lipinski definition) is 1. The summed E-state index contributed by atoms with van der Waals surface area (Å²) in [5.41, 5.74) is 2.84. The van der Waals surface area contributed by atoms with Crippen molar-refractivity contribution in [1.82, 2.24) is 10.3 Å². The van der Waals surface area contributed by atoms with E-state index in [9.17, 15) is 9.59 Å². The monoisotopic (exact) mass is 462 g/mol. The molecular weight excluding hydrogens is 436 g/mol. The number of hydrogen-bond acceptors (Lipinski definition) is 7. The lowest BCUT2D eigenvalue weighted by atomic mass is 10.0. The molecule has 1 aliphatic heterocycles. The number of carbonyl (C=O) groups excluding carboxylic acids is 2. The molecule has 1 amide bonds. The number of methoxy groups -OCH3 is 1. The minimum absolute atomic E-state index is 0.252. The van der Waals surface area contributed by atoms with Crippen molar-refractivity contribution in [1.29, 1.82) is 0 Å². The Labute approximate surface area is 197 Å². The third-order valence-electron chi connectivity index (χ3n) is 5.37. The molecule has 8 nitrogen and oxygen atoms in total. The van der Waals surface area contributed by atoms with E-state index >= 15 is 0 Å². The maximum Gasteiger partial charge on any atom is 0.415 e. The van der Waals surface area contributed by atoms with E-state index in [1.54, 1.807) is 13.4 Å². The Morgan fingerprint density at radius 1 is 1.06 bits per heavy atom. The Morgan fingerprint density at radius 3 is 2.68 bits per heavy atom. The summed E-state index contributed by atoms with van der Waals surface area (Å²) in [6.07, 6.45) is 7.69. The number of amides is 1. The number of nitrogens with one attached hydrogen (secondary N) is 1. The quantitative estimate of drug-likeness (QED) is 0.249. The molecule has 1 aliphatic rings. The van der Waals surface area contributed by atoms with Crippen molar-refractivity contribution >= 4 is 24.2 Å². The number of cyclic esters (lactones) is 2. The Balaban J connectivity index is 1.26. The fraction of sp³-hybridized carbons (Fsp3) is 0.269. The number of aromatic nitrogens is 1. The van der Waals surface area contributed by atoms with Crippen LogP contribution >= 0.6 is 0 Å². The van der Waals surface area contributed by atoms with Crippen LogP contribution in [0.4, 0.5) is 4.79 Å². The third-order valence-corrected chi connectivity index (χ3v) is 5.37. The number of esters is 1. The predicted octanol–water partition coefficient (Wildman–Crippen LogP) is 4.78. The highest BCUT2D eigenvalue weighted by Gasteiger charge is 2.31. The van der Waals surface area contributed by atoms with E-state index in [2.05, 4.69) is 15.0 Å². The molecule has 3 aromatic rings. The molecule has 1 atom stereocenters. The maximum absolute atomic E-state index is 11.5. The number of benzene rings is 2. The Morgan fingerprint density at radius 2 is 1.91 bits per heavy atom. The fourth-order valence-corrected chi connectivity index (χ4v) is 3.60. The van der Waals surface area contributed by atoms with E-state index in [0.29, 0.717) is 29.5 Å². The van der Waals surface area contributed by atoms with Gasteiger partial charge in [0.25, 0.3) is 0 Å². The van der Waals surface area contributed by atoms with Gasteiger partial charge in [-0.3, -0.25) is 0 Å². The van der Waals surface area contributed by atoms with Crippen LogP contribution in [0.1, 0.15) is 42.0 Å². The van der Waals surface area contributed by atoms with Crippen molar-refractivity contribution in [3.8, 4) is 11.5 Å². The summed E-state index contributed by atoms with van der Waals surface area (Å²) in [5, 5.41) is 2.51. The zero-order valence-electron chi connectivity index (χ0n) is 18.9. The molecule has 176 valence electrons. The Kier molecular flexibility index (Phi) is 7.60. The standard InChI is InChI=1S/C26H26N2O6/c1-31-23-15-19(9-5-6-10-21-25(29)34-26(30)28-21)11-13-22(23)32-16-20-17-33-24(27-20)14-12-18-7-3-2-4-8-18/h2-4,7-8,11-15,17,21H,5-6,9-10,16H2,1H3,(H,28,30). The second-order valence-corrected chi connectivity index (χ2v) is 7.85. The zero-order valence-corrected chi connectivity index (χ0v) is 18.9. The van der Waals surface area contributed by atoms with Crippen molar-refractivity contribution in [2.75, 3.05) is 7.11 Å². The summed E-state index contributed by atoms with van der Waals surface area (Å²) in [7, 11) is 1.60. The first-order chi connectivity index (χ1) is 16.6. The predicted molar refractivity (Wildman–Crippen MR) is 125 cm³/mol. The van der Waals surface area contributed by atoms with Crippen LogP contribution in [0.15, 0.2) is 59.2 Å². The lowest BCUT2D eigenvalue weighted by Gasteiger charge is -2.12. The van der Waals surface area contributed by atoms with Crippen molar-refractivity contribution in [3.05, 3.63) is 77.5 Å². The van der Waals surface area contributed by atoms with Gasteiger partial charge in [-0.1, -0.05) is 42.8 Å². The Bertz CT molecular complexity index is 1160. The first-order valence-corrected chi connectivity index (χ1v) is 11.1. The summed E-state index contributed by atoms with van der Waals surface area (Å²) in [6, 6.07) is 15.2. The molecule has 34 heavy (non-hydrogen) atoms. The van der Waals surface area contributed by atoms with E-state index in [0.717, 1.165) is 30.4 Å². The van der Waals surface area contributed by atoms with Crippen LogP contribution in [0, 0.1) is 0 Å². The molecule has 1 aromatic heterocycles. The van der Waals surface area contributed by atoms with E-state index in [1.165, 1.54) is 0 Å². The molecule has 0 aliphatic carbocycles. The van der Waals surface area contributed by atoms with Gasteiger partial charge in [0.15, 0.2) is 11.5 Å². The van der Waals surface area contributed by atoms with Crippen molar-refractivity contribution in [2.24, 2.45) is 0 Å². The molecule has 0 saturated carbocycles. The van der Waals surface area contributed by atoms with Crippen LogP contribution in [-0.4, -0.2) is 30.2 Å². The van der Waals surface area contributed by atoms with Gasteiger partial charge in [0, 0.05) is 6.08 Å². The Hall–Kier alpha value is -4.07. The van der Waals surface area contributed by atoms with E-state index in [1.807, 2.05) is 60.7 Å². The van der Waals surface area contributed by atoms with Crippen LogP contribution in [0.25, 0.3) is 12.2 Å². The minimum atomic E-state index is -0.666. The van der Waals surface area contributed by atoms with Gasteiger partial charge in [-0.05, 0) is 48.6 Å². The number of ether oxygens (including phenoxy) is 3. The van der Waals surface area contributed by atoms with Gasteiger partial charge >= 0.3 is 12.1 Å². The van der Waals surface area contributed by atoms with E-state index in [-0.39, 0.29) is 6.61 Å². The van der Waals surface area contributed by atoms with Gasteiger partial charge in [-0.25, -0.2) is 14.6 Å². The van der Waals surface area contributed by atoms with Crippen LogP contribution in [0.2, 0.25) is 0 Å². The molecule has 0 bridgehead atoms. The van der Waals surface area contributed by atoms with Gasteiger partial charge in [-0.15, -0.1) is 0 Å². The summed E-state index contributed by atoms with van der Waals surface area (Å²) >= 11 is 0. The molecule has 1 fully saturated rings. The molecule has 8 heteroatoms. The van der Waals surface area contributed by atoms with Crippen molar-refractivity contribution in [3.63, 3.8) is 0 Å². The van der Waals surface area contributed by atoms with Crippen LogP contribution in [-0.2, 0) is 22.6 Å². The first-order valence-electron chi connectivity index (χ1n) is 11.1. The molecule has 2 aromatic carbocycles. The van der Waals surface area contributed by atoms with Gasteiger partial charge < -0.3 is 23.9 Å². The SMILES string of the molecule is COc1cc(CCCCC2NC(=O)OC2=O)ccc1OCc1coc(C=Cc2ccccc2)n1. The number of unbranched alkanes of at least 4 members (excludes halogenated alkanes) is 1. The van der Waals surface area contributed by atoms with Crippen LogP contribution in [0.3, 0.4) is 0 Å². The van der Waals surface area contributed by atoms with Crippen molar-refractivity contribution < 1.29 is 28.2 Å². The summed E-state index contributed by atoms with van der Waals surface area (Å²) < 4.78 is 21.4. The molecule has 2 heterocycles. The van der Waals surface area contributed by atoms with Crippen LogP contribution < -0.4 is 14.8 Å². The number of alkyl carbamates (subject to hydrolysis) is 1. The highest BCUT2D eigenvalue weighted by molar-refractivity contribution is 5.95. The fourth-order valence-electron chi connectivity index (χ4n) is 3.60. The molecule has 1 unspecified atom stereocenters. The van der Waals surface area contributed by atoms with Gasteiger partial charge in [-0.2, -0.15) is 0 Å². The number of oxazole rings is 1. The lowest BCUT2D eigenvalue weighted by molar-refractivity contribution is -0.135. The average Bonchev–Trinajstić information content (AvgIpc) is 3.45. The van der Waals surface area contributed by atoms with Gasteiger partial charge in [0.2, 0.25) is 5.89 Å². The molecular formula is C26H26N2O6. The number of aryl methyl sites for hydroxylation is 1. The van der Waals surface area contributed by atoms with E-state index in [4.69, 9.17) is 13.9 Å². The number of rotatable bonds is 11. The molecule has 0 radical (unpaired) electrons. The number of carbonyl (C=O) groups is 2. The van der Waals surface area contributed by atoms with Crippen LogP contribution in [0.5, 0.6) is 11.5 Å². The zero-order chi connectivity index (χ0) is 23.8. The van der Waals surface area contributed by atoms with Gasteiger partial charge in [0.1, 0.15) is 24.6 Å². The summed E-state index contributed by atoms with van der Waals surface area (Å²) in [4.78, 5) is 27.0. The first kappa shape index (κ1) is 23.1. The molecule has 4 rings (SSSR count). The summed E-state index contributed by atoms with van der Waals surface area (Å²) in [5.74, 6) is 1.26. The molecule has 0 spiro atoms. The normalized spacial score (nSPS) is 15.4. The minimum Gasteiger partial charge on any atom is -0.493 e. The summed E-state index contributed by atoms with van der Waals surface area (Å²) in [6.45, 7) is 0.252. The molecule has 1 N–H and O–H groups in total. The molecule has 1 saturated heterocycles. The van der Waals surface area contributed by atoms with Gasteiger partial charge in [0.05, 0.1) is 7.11 Å². The number of nitrogens with zero attached hydrogens (tertiary/aromatic N) is 1. The smallest absolute Gasteiger partial charge is 0.415 e. The second-order valence-electron chi connectivity index (χ2n) is 7.85. The largest absolute Gasteiger partial charge is 0.493 e. The van der Waals surface area contributed by atoms with E-state index < -0.39 is 18.1 Å². The topological polar surface area (TPSA) is 99.9 Å². The highest BCUT2D eigenvalue weighted by atomic mass is 16.6. The average molecular weight is 463 g/mol.